The van der Waals surface area contributed by atoms with Gasteiger partial charge in [0.1, 0.15) is 0 Å². The van der Waals surface area contributed by atoms with E-state index in [1.807, 2.05) is 13.8 Å². The molecule has 0 aliphatic rings. The number of hydrogen-bond donors (Lipinski definition) is 1. The highest BCUT2D eigenvalue weighted by molar-refractivity contribution is 5.80. The molecule has 0 spiro atoms. The van der Waals surface area contributed by atoms with E-state index in [1.54, 1.807) is 16.8 Å². The Morgan fingerprint density at radius 2 is 1.80 bits per heavy atom. The number of carboxylic acids is 1. The summed E-state index contributed by atoms with van der Waals surface area (Å²) in [5, 5.41) is 8.39. The maximum absolute atomic E-state index is 11.6. The van der Waals surface area contributed by atoms with Crippen LogP contribution >= 0.6 is 0 Å². The second-order valence-corrected chi connectivity index (χ2v) is 3.14. The monoisotopic (exact) mass is 214 g/mol. The predicted octanol–water partition coefficient (Wildman–Crippen LogP) is 0.385. The van der Waals surface area contributed by atoms with Gasteiger partial charge in [-0.3, -0.25) is 4.79 Å². The van der Waals surface area contributed by atoms with Gasteiger partial charge in [-0.05, 0) is 13.8 Å². The van der Waals surface area contributed by atoms with Crippen LogP contribution in [0.25, 0.3) is 0 Å². The first kappa shape index (κ1) is 13.5. The molecule has 0 aromatic rings. The largest absolute Gasteiger partial charge is 0.478 e. The highest BCUT2D eigenvalue weighted by atomic mass is 16.4. The van der Waals surface area contributed by atoms with E-state index in [0.717, 1.165) is 6.08 Å². The molecule has 1 amide bonds. The van der Waals surface area contributed by atoms with Gasteiger partial charge in [0.25, 0.3) is 0 Å². The second kappa shape index (κ2) is 6.86. The van der Waals surface area contributed by atoms with Crippen LogP contribution in [0.3, 0.4) is 0 Å². The van der Waals surface area contributed by atoms with Crippen molar-refractivity contribution in [3.8, 4) is 0 Å². The summed E-state index contributed by atoms with van der Waals surface area (Å²) in [6.45, 7) is 5.37. The van der Waals surface area contributed by atoms with Crippen LogP contribution in [0.5, 0.6) is 0 Å². The molecule has 1 N–H and O–H groups in total. The molecule has 0 rings (SSSR count). The zero-order valence-electron chi connectivity index (χ0n) is 9.43. The van der Waals surface area contributed by atoms with Crippen LogP contribution in [-0.2, 0) is 9.59 Å². The standard InChI is InChI=1S/C10H18N2O3/c1-4-12(5-2)9(13)8-11(3)7-6-10(14)15/h6-7H,4-5,8H2,1-3H3,(H,14,15). The molecule has 0 bridgehead atoms. The van der Waals surface area contributed by atoms with Gasteiger partial charge < -0.3 is 14.9 Å². The van der Waals surface area contributed by atoms with Gasteiger partial charge in [-0.1, -0.05) is 0 Å². The Kier molecular flexibility index (Phi) is 6.17. The zero-order valence-corrected chi connectivity index (χ0v) is 9.43. The molecule has 15 heavy (non-hydrogen) atoms. The molecule has 0 saturated carbocycles. The summed E-state index contributed by atoms with van der Waals surface area (Å²) in [5.74, 6) is -1.02. The molecule has 0 unspecified atom stereocenters. The van der Waals surface area contributed by atoms with Gasteiger partial charge in [0, 0.05) is 32.4 Å². The van der Waals surface area contributed by atoms with E-state index in [1.165, 1.54) is 6.20 Å². The number of rotatable bonds is 6. The number of carbonyl (C=O) groups is 2. The average Bonchev–Trinajstić information content (AvgIpc) is 2.16. The van der Waals surface area contributed by atoms with E-state index in [4.69, 9.17) is 5.11 Å². The zero-order chi connectivity index (χ0) is 11.8. The van der Waals surface area contributed by atoms with Gasteiger partial charge in [-0.15, -0.1) is 0 Å². The van der Waals surface area contributed by atoms with Crippen LogP contribution < -0.4 is 0 Å². The number of amides is 1. The third-order valence-electron chi connectivity index (χ3n) is 1.97. The van der Waals surface area contributed by atoms with Crippen molar-refractivity contribution in [3.05, 3.63) is 12.3 Å². The highest BCUT2D eigenvalue weighted by Gasteiger charge is 2.10. The molecule has 0 aliphatic heterocycles. The van der Waals surface area contributed by atoms with Crippen molar-refractivity contribution >= 4 is 11.9 Å². The van der Waals surface area contributed by atoms with Crippen LogP contribution in [0.2, 0.25) is 0 Å². The quantitative estimate of drug-likeness (QED) is 0.649. The summed E-state index contributed by atoms with van der Waals surface area (Å²) < 4.78 is 0. The first-order valence-electron chi connectivity index (χ1n) is 4.90. The van der Waals surface area contributed by atoms with Crippen LogP contribution in [0.1, 0.15) is 13.8 Å². The number of carboxylic acid groups (broad SMARTS) is 1. The van der Waals surface area contributed by atoms with E-state index >= 15 is 0 Å². The molecular formula is C10H18N2O3. The molecule has 0 aromatic carbocycles. The Balaban J connectivity index is 4.11. The molecule has 0 heterocycles. The highest BCUT2D eigenvalue weighted by Crippen LogP contribution is 1.92. The van der Waals surface area contributed by atoms with Gasteiger partial charge >= 0.3 is 5.97 Å². The van der Waals surface area contributed by atoms with Gasteiger partial charge in [-0.2, -0.15) is 0 Å². The van der Waals surface area contributed by atoms with E-state index in [9.17, 15) is 9.59 Å². The fourth-order valence-electron chi connectivity index (χ4n) is 1.13. The van der Waals surface area contributed by atoms with Crippen molar-refractivity contribution in [3.63, 3.8) is 0 Å². The molecule has 5 nitrogen and oxygen atoms in total. The number of likely N-dealkylation sites (N-methyl/N-ethyl adjacent to an activating group) is 2. The number of hydrogen-bond acceptors (Lipinski definition) is 3. The lowest BCUT2D eigenvalue weighted by Gasteiger charge is -2.21. The third-order valence-corrected chi connectivity index (χ3v) is 1.97. The van der Waals surface area contributed by atoms with Gasteiger partial charge in [-0.25, -0.2) is 4.79 Å². The Hall–Kier alpha value is -1.52. The lowest BCUT2D eigenvalue weighted by Crippen LogP contribution is -2.37. The van der Waals surface area contributed by atoms with Crippen molar-refractivity contribution in [1.29, 1.82) is 0 Å². The minimum Gasteiger partial charge on any atom is -0.478 e. The normalized spacial score (nSPS) is 10.3. The average molecular weight is 214 g/mol. The summed E-state index contributed by atoms with van der Waals surface area (Å²) in [4.78, 5) is 25.0. The molecule has 0 fully saturated rings. The fraction of sp³-hybridized carbons (Fsp3) is 0.600. The van der Waals surface area contributed by atoms with Gasteiger partial charge in [0.15, 0.2) is 0 Å². The van der Waals surface area contributed by atoms with Crippen LogP contribution in [0.15, 0.2) is 12.3 Å². The Labute approximate surface area is 90.0 Å². The van der Waals surface area contributed by atoms with Crippen molar-refractivity contribution in [2.45, 2.75) is 13.8 Å². The first-order chi connectivity index (χ1) is 7.01. The molecular weight excluding hydrogens is 196 g/mol. The fourth-order valence-corrected chi connectivity index (χ4v) is 1.13. The minimum atomic E-state index is -1.02. The van der Waals surface area contributed by atoms with Crippen LogP contribution in [0.4, 0.5) is 0 Å². The van der Waals surface area contributed by atoms with Crippen molar-refractivity contribution in [2.24, 2.45) is 0 Å². The Morgan fingerprint density at radius 1 is 1.27 bits per heavy atom. The maximum atomic E-state index is 11.6. The lowest BCUT2D eigenvalue weighted by atomic mass is 10.4. The van der Waals surface area contributed by atoms with E-state index in [-0.39, 0.29) is 12.5 Å². The molecule has 0 aromatic heterocycles. The summed E-state index contributed by atoms with van der Waals surface area (Å²) >= 11 is 0. The van der Waals surface area contributed by atoms with Crippen molar-refractivity contribution in [1.82, 2.24) is 9.80 Å². The smallest absolute Gasteiger partial charge is 0.329 e. The van der Waals surface area contributed by atoms with Crippen LogP contribution in [-0.4, -0.2) is 53.5 Å². The molecule has 0 atom stereocenters. The first-order valence-corrected chi connectivity index (χ1v) is 4.90. The van der Waals surface area contributed by atoms with Crippen LogP contribution in [0, 0.1) is 0 Å². The topological polar surface area (TPSA) is 60.9 Å². The Morgan fingerprint density at radius 3 is 2.20 bits per heavy atom. The summed E-state index contributed by atoms with van der Waals surface area (Å²) in [5.41, 5.74) is 0. The summed E-state index contributed by atoms with van der Waals surface area (Å²) in [6, 6.07) is 0. The van der Waals surface area contributed by atoms with Gasteiger partial charge in [0.2, 0.25) is 5.91 Å². The van der Waals surface area contributed by atoms with Gasteiger partial charge in [0.05, 0.1) is 6.54 Å². The number of nitrogens with zero attached hydrogens (tertiary/aromatic N) is 2. The molecule has 0 radical (unpaired) electrons. The number of carbonyl (C=O) groups excluding carboxylic acids is 1. The van der Waals surface area contributed by atoms with E-state index in [0.29, 0.717) is 13.1 Å². The van der Waals surface area contributed by atoms with E-state index < -0.39 is 5.97 Å². The maximum Gasteiger partial charge on any atom is 0.329 e. The number of aliphatic carboxylic acids is 1. The van der Waals surface area contributed by atoms with Crippen molar-refractivity contribution in [2.75, 3.05) is 26.7 Å². The lowest BCUT2D eigenvalue weighted by molar-refractivity contribution is -0.132. The SMILES string of the molecule is CCN(CC)C(=O)CN(C)C=CC(=O)O. The minimum absolute atomic E-state index is 0.00228. The summed E-state index contributed by atoms with van der Waals surface area (Å²) in [7, 11) is 1.67. The van der Waals surface area contributed by atoms with E-state index in [2.05, 4.69) is 0 Å². The molecule has 86 valence electrons. The third kappa shape index (κ3) is 5.72. The van der Waals surface area contributed by atoms with Crippen molar-refractivity contribution < 1.29 is 14.7 Å². The predicted molar refractivity (Wildman–Crippen MR) is 57.3 cm³/mol. The molecule has 0 aliphatic carbocycles. The summed E-state index contributed by atoms with van der Waals surface area (Å²) in [6.07, 6.45) is 2.39. The second-order valence-electron chi connectivity index (χ2n) is 3.14. The molecule has 5 heteroatoms. The molecule has 0 saturated heterocycles. The Bertz CT molecular complexity index is 247.